The number of para-hydroxylation sites is 2. The highest BCUT2D eigenvalue weighted by Gasteiger charge is 2.19. The van der Waals surface area contributed by atoms with Gasteiger partial charge in [0, 0.05) is 23.9 Å². The summed E-state index contributed by atoms with van der Waals surface area (Å²) < 4.78 is 27.4. The van der Waals surface area contributed by atoms with E-state index in [1.54, 1.807) is 36.1 Å². The van der Waals surface area contributed by atoms with Crippen LogP contribution in [-0.2, 0) is 22.6 Å². The number of carbonyl (C=O) groups excluding carboxylic acids is 1. The molecule has 0 saturated carbocycles. The van der Waals surface area contributed by atoms with Crippen LogP contribution in [0.1, 0.15) is 31.9 Å². The number of rotatable bonds is 11. The summed E-state index contributed by atoms with van der Waals surface area (Å²) in [6.07, 6.45) is 0. The smallest absolute Gasteiger partial charge is 0.340 e. The highest BCUT2D eigenvalue weighted by atomic mass is 16.5. The lowest BCUT2D eigenvalue weighted by Gasteiger charge is -2.21. The molecule has 0 radical (unpaired) electrons. The predicted molar refractivity (Wildman–Crippen MR) is 138 cm³/mol. The van der Waals surface area contributed by atoms with Crippen LogP contribution in [0.4, 0.5) is 0 Å². The summed E-state index contributed by atoms with van der Waals surface area (Å²) in [5, 5.41) is 1.37. The second kappa shape index (κ2) is 11.7. The molecule has 0 unspecified atom stereocenters. The van der Waals surface area contributed by atoms with E-state index in [4.69, 9.17) is 23.0 Å². The number of nitrogens with zero attached hydrogens (tertiary/aromatic N) is 1. The SMILES string of the molecule is CCOC(=O)CN(Cc1cc2cccc(OCC)c2oc1=O)Cc1cc2cccc(OCC)c2oc1=O. The molecule has 0 N–H and O–H groups in total. The van der Waals surface area contributed by atoms with E-state index in [2.05, 4.69) is 0 Å². The summed E-state index contributed by atoms with van der Waals surface area (Å²) in [4.78, 5) is 39.7. The lowest BCUT2D eigenvalue weighted by atomic mass is 10.1. The molecule has 4 rings (SSSR count). The van der Waals surface area contributed by atoms with Crippen molar-refractivity contribution in [1.82, 2.24) is 4.90 Å². The Kier molecular flexibility index (Phi) is 8.25. The van der Waals surface area contributed by atoms with E-state index in [-0.39, 0.29) is 26.2 Å². The number of carbonyl (C=O) groups is 1. The summed E-state index contributed by atoms with van der Waals surface area (Å²) in [5.41, 5.74) is 0.259. The molecule has 0 spiro atoms. The molecule has 2 aromatic carbocycles. The minimum absolute atomic E-state index is 0.0480. The van der Waals surface area contributed by atoms with E-state index in [0.29, 0.717) is 57.8 Å². The van der Waals surface area contributed by atoms with Crippen LogP contribution in [0.15, 0.2) is 67.0 Å². The van der Waals surface area contributed by atoms with Crippen LogP contribution in [0.2, 0.25) is 0 Å². The number of benzene rings is 2. The molecule has 37 heavy (non-hydrogen) atoms. The molecule has 194 valence electrons. The Morgan fingerprint density at radius 3 is 1.68 bits per heavy atom. The first-order chi connectivity index (χ1) is 17.9. The third-order valence-electron chi connectivity index (χ3n) is 5.64. The zero-order valence-corrected chi connectivity index (χ0v) is 21.1. The van der Waals surface area contributed by atoms with Crippen molar-refractivity contribution < 1.29 is 27.8 Å². The maximum atomic E-state index is 12.9. The van der Waals surface area contributed by atoms with Gasteiger partial charge in [0.05, 0.1) is 37.5 Å². The third kappa shape index (κ3) is 6.00. The van der Waals surface area contributed by atoms with Crippen molar-refractivity contribution >= 4 is 27.9 Å². The quantitative estimate of drug-likeness (QED) is 0.217. The molecule has 4 aromatic rings. The first-order valence-electron chi connectivity index (χ1n) is 12.2. The van der Waals surface area contributed by atoms with Gasteiger partial charge in [0.25, 0.3) is 0 Å². The number of hydrogen-bond acceptors (Lipinski definition) is 9. The summed E-state index contributed by atoms with van der Waals surface area (Å²) in [7, 11) is 0. The summed E-state index contributed by atoms with van der Waals surface area (Å²) >= 11 is 0. The first kappa shape index (κ1) is 26.0. The Morgan fingerprint density at radius 2 is 1.24 bits per heavy atom. The molecular formula is C28H29NO8. The van der Waals surface area contributed by atoms with E-state index in [1.165, 1.54) is 0 Å². The molecule has 2 aromatic heterocycles. The van der Waals surface area contributed by atoms with Crippen LogP contribution in [0.5, 0.6) is 11.5 Å². The molecular weight excluding hydrogens is 478 g/mol. The van der Waals surface area contributed by atoms with Crippen LogP contribution < -0.4 is 20.7 Å². The normalized spacial score (nSPS) is 11.2. The Bertz CT molecular complexity index is 1420. The van der Waals surface area contributed by atoms with Gasteiger partial charge in [-0.1, -0.05) is 24.3 Å². The molecule has 2 heterocycles. The second-order valence-electron chi connectivity index (χ2n) is 8.28. The maximum Gasteiger partial charge on any atom is 0.340 e. The summed E-state index contributed by atoms with van der Waals surface area (Å²) in [6.45, 7) is 6.43. The van der Waals surface area contributed by atoms with Crippen LogP contribution in [0, 0.1) is 0 Å². The maximum absolute atomic E-state index is 12.9. The molecule has 0 atom stereocenters. The molecule has 0 amide bonds. The van der Waals surface area contributed by atoms with Crippen LogP contribution in [0.25, 0.3) is 21.9 Å². The topological polar surface area (TPSA) is 108 Å². The fraction of sp³-hybridized carbons (Fsp3) is 0.321. The van der Waals surface area contributed by atoms with E-state index in [1.807, 2.05) is 38.1 Å². The van der Waals surface area contributed by atoms with Gasteiger partial charge in [-0.3, -0.25) is 9.69 Å². The van der Waals surface area contributed by atoms with E-state index >= 15 is 0 Å². The predicted octanol–water partition coefficient (Wildman–Crippen LogP) is 4.26. The second-order valence-corrected chi connectivity index (χ2v) is 8.28. The lowest BCUT2D eigenvalue weighted by Crippen LogP contribution is -2.33. The largest absolute Gasteiger partial charge is 0.490 e. The minimum Gasteiger partial charge on any atom is -0.490 e. The number of ether oxygens (including phenoxy) is 3. The van der Waals surface area contributed by atoms with Crippen LogP contribution in [-0.4, -0.2) is 37.2 Å². The average molecular weight is 508 g/mol. The van der Waals surface area contributed by atoms with Gasteiger partial charge in [0.2, 0.25) is 0 Å². The highest BCUT2D eigenvalue weighted by Crippen LogP contribution is 2.27. The lowest BCUT2D eigenvalue weighted by molar-refractivity contribution is -0.144. The molecule has 0 fully saturated rings. The fourth-order valence-corrected chi connectivity index (χ4v) is 4.12. The average Bonchev–Trinajstić information content (AvgIpc) is 2.86. The molecule has 0 aliphatic carbocycles. The molecule has 0 bridgehead atoms. The zero-order chi connectivity index (χ0) is 26.4. The van der Waals surface area contributed by atoms with Gasteiger partial charge in [0.1, 0.15) is 0 Å². The van der Waals surface area contributed by atoms with E-state index in [0.717, 1.165) is 0 Å². The first-order valence-corrected chi connectivity index (χ1v) is 12.2. The van der Waals surface area contributed by atoms with Crippen LogP contribution in [0.3, 0.4) is 0 Å². The molecule has 0 aliphatic heterocycles. The Morgan fingerprint density at radius 1 is 0.757 bits per heavy atom. The van der Waals surface area contributed by atoms with Gasteiger partial charge in [-0.2, -0.15) is 0 Å². The standard InChI is InChI=1S/C28H29NO8/c1-4-33-22-11-7-9-18-13-20(27(31)36-25(18)22)15-29(17-24(30)35-6-3)16-21-14-19-10-8-12-23(34-5-2)26(19)37-28(21)32/h7-14H,4-6,15-17H2,1-3H3. The molecule has 9 heteroatoms. The van der Waals surface area contributed by atoms with Crippen molar-refractivity contribution in [1.29, 1.82) is 0 Å². The third-order valence-corrected chi connectivity index (χ3v) is 5.64. The van der Waals surface area contributed by atoms with E-state index < -0.39 is 17.2 Å². The summed E-state index contributed by atoms with van der Waals surface area (Å²) in [5.74, 6) is 0.481. The Labute approximate surface area is 213 Å². The number of esters is 1. The molecule has 0 aliphatic rings. The van der Waals surface area contributed by atoms with Gasteiger partial charge >= 0.3 is 17.2 Å². The van der Waals surface area contributed by atoms with Gasteiger partial charge in [-0.05, 0) is 45.0 Å². The van der Waals surface area contributed by atoms with E-state index in [9.17, 15) is 14.4 Å². The zero-order valence-electron chi connectivity index (χ0n) is 21.1. The van der Waals surface area contributed by atoms with Gasteiger partial charge in [-0.15, -0.1) is 0 Å². The molecule has 0 saturated heterocycles. The minimum atomic E-state index is -0.555. The summed E-state index contributed by atoms with van der Waals surface area (Å²) in [6, 6.07) is 14.1. The number of hydrogen-bond donors (Lipinski definition) is 0. The van der Waals surface area contributed by atoms with Crippen molar-refractivity contribution in [2.24, 2.45) is 0 Å². The monoisotopic (exact) mass is 507 g/mol. The van der Waals surface area contributed by atoms with Gasteiger partial charge < -0.3 is 23.0 Å². The van der Waals surface area contributed by atoms with Gasteiger partial charge in [-0.25, -0.2) is 9.59 Å². The van der Waals surface area contributed by atoms with Crippen LogP contribution >= 0.6 is 0 Å². The fourth-order valence-electron chi connectivity index (χ4n) is 4.12. The highest BCUT2D eigenvalue weighted by molar-refractivity contribution is 5.83. The molecule has 9 nitrogen and oxygen atoms in total. The van der Waals surface area contributed by atoms with Crippen molar-refractivity contribution in [3.8, 4) is 11.5 Å². The van der Waals surface area contributed by atoms with Crippen molar-refractivity contribution in [2.75, 3.05) is 26.4 Å². The van der Waals surface area contributed by atoms with Crippen molar-refractivity contribution in [2.45, 2.75) is 33.9 Å². The Hall–Kier alpha value is -4.11. The number of fused-ring (bicyclic) bond motifs is 2. The van der Waals surface area contributed by atoms with Crippen molar-refractivity contribution in [3.63, 3.8) is 0 Å². The Balaban J connectivity index is 1.69. The van der Waals surface area contributed by atoms with Gasteiger partial charge in [0.15, 0.2) is 22.7 Å². The van der Waals surface area contributed by atoms with Crippen molar-refractivity contribution in [3.05, 3.63) is 80.5 Å².